The van der Waals surface area contributed by atoms with Gasteiger partial charge in [-0.15, -0.1) is 0 Å². The van der Waals surface area contributed by atoms with Crippen molar-refractivity contribution in [2.24, 2.45) is 5.92 Å². The predicted molar refractivity (Wildman–Crippen MR) is 83.6 cm³/mol. The highest BCUT2D eigenvalue weighted by atomic mass is 16.1. The maximum Gasteiger partial charge on any atom is 0.225 e. The molecule has 1 aliphatic rings. The van der Waals surface area contributed by atoms with Crippen molar-refractivity contribution < 1.29 is 4.79 Å². The molecule has 3 heteroatoms. The summed E-state index contributed by atoms with van der Waals surface area (Å²) in [5.74, 6) is 0.664. The predicted octanol–water partition coefficient (Wildman–Crippen LogP) is 3.52. The Morgan fingerprint density at radius 3 is 2.71 bits per heavy atom. The van der Waals surface area contributed by atoms with E-state index in [-0.39, 0.29) is 5.91 Å². The molecule has 0 spiro atoms. The average molecular weight is 284 g/mol. The van der Waals surface area contributed by atoms with Crippen molar-refractivity contribution in [2.45, 2.75) is 57.9 Å². The average Bonchev–Trinajstić information content (AvgIpc) is 2.48. The van der Waals surface area contributed by atoms with Crippen LogP contribution in [0.15, 0.2) is 24.3 Å². The molecule has 0 saturated heterocycles. The van der Waals surface area contributed by atoms with Crippen LogP contribution in [0.2, 0.25) is 0 Å². The first-order valence-corrected chi connectivity index (χ1v) is 7.85. The summed E-state index contributed by atoms with van der Waals surface area (Å²) in [6.07, 6.45) is 5.15. The van der Waals surface area contributed by atoms with Crippen LogP contribution in [0, 0.1) is 24.2 Å². The number of aryl methyl sites for hydroxylation is 1. The van der Waals surface area contributed by atoms with Gasteiger partial charge < -0.3 is 5.32 Å². The second kappa shape index (κ2) is 6.76. The van der Waals surface area contributed by atoms with Crippen LogP contribution in [-0.4, -0.2) is 11.4 Å². The Labute approximate surface area is 127 Å². The first kappa shape index (κ1) is 15.6. The van der Waals surface area contributed by atoms with E-state index in [1.807, 2.05) is 31.2 Å². The van der Waals surface area contributed by atoms with Crippen molar-refractivity contribution in [3.63, 3.8) is 0 Å². The topological polar surface area (TPSA) is 52.9 Å². The number of hydrogen-bond acceptors (Lipinski definition) is 2. The summed E-state index contributed by atoms with van der Waals surface area (Å²) >= 11 is 0. The third-order valence-electron chi connectivity index (χ3n) is 4.58. The van der Waals surface area contributed by atoms with Gasteiger partial charge in [0.25, 0.3) is 0 Å². The second-order valence-corrected chi connectivity index (χ2v) is 6.26. The summed E-state index contributed by atoms with van der Waals surface area (Å²) in [4.78, 5) is 12.2. The standard InChI is InChI=1S/C18H24N2O/c1-3-15-7-9-18(13-19,10-8-15)20-17(21)12-16-6-4-5-14(2)11-16/h4-6,11,15H,3,7-10,12H2,1-2H3,(H,20,21). The van der Waals surface area contributed by atoms with Gasteiger partial charge in [0.05, 0.1) is 12.5 Å². The monoisotopic (exact) mass is 284 g/mol. The van der Waals surface area contributed by atoms with Gasteiger partial charge in [-0.3, -0.25) is 4.79 Å². The molecule has 1 fully saturated rings. The van der Waals surface area contributed by atoms with E-state index in [1.54, 1.807) is 0 Å². The van der Waals surface area contributed by atoms with Gasteiger partial charge in [-0.25, -0.2) is 0 Å². The van der Waals surface area contributed by atoms with Crippen molar-refractivity contribution in [3.05, 3.63) is 35.4 Å². The number of rotatable bonds is 4. The quantitative estimate of drug-likeness (QED) is 0.919. The fourth-order valence-corrected chi connectivity index (χ4v) is 3.16. The largest absolute Gasteiger partial charge is 0.338 e. The van der Waals surface area contributed by atoms with Crippen LogP contribution in [0.3, 0.4) is 0 Å². The molecule has 21 heavy (non-hydrogen) atoms. The Hall–Kier alpha value is -1.82. The molecule has 1 N–H and O–H groups in total. The Bertz CT molecular complexity index is 536. The molecule has 0 aliphatic heterocycles. The zero-order valence-electron chi connectivity index (χ0n) is 13.0. The van der Waals surface area contributed by atoms with E-state index in [2.05, 4.69) is 18.3 Å². The van der Waals surface area contributed by atoms with E-state index >= 15 is 0 Å². The lowest BCUT2D eigenvalue weighted by atomic mass is 9.76. The highest BCUT2D eigenvalue weighted by Gasteiger charge is 2.36. The van der Waals surface area contributed by atoms with E-state index in [0.717, 1.165) is 36.8 Å². The van der Waals surface area contributed by atoms with E-state index in [0.29, 0.717) is 12.3 Å². The maximum atomic E-state index is 12.2. The normalized spacial score (nSPS) is 25.1. The number of nitriles is 1. The third kappa shape index (κ3) is 4.07. The zero-order valence-corrected chi connectivity index (χ0v) is 13.0. The summed E-state index contributed by atoms with van der Waals surface area (Å²) in [7, 11) is 0. The van der Waals surface area contributed by atoms with Crippen LogP contribution >= 0.6 is 0 Å². The first-order valence-electron chi connectivity index (χ1n) is 7.85. The Morgan fingerprint density at radius 1 is 1.43 bits per heavy atom. The molecule has 3 nitrogen and oxygen atoms in total. The number of nitrogens with zero attached hydrogens (tertiary/aromatic N) is 1. The van der Waals surface area contributed by atoms with Gasteiger partial charge in [0, 0.05) is 0 Å². The molecule has 0 aromatic heterocycles. The van der Waals surface area contributed by atoms with E-state index in [1.165, 1.54) is 6.42 Å². The second-order valence-electron chi connectivity index (χ2n) is 6.26. The number of hydrogen-bond donors (Lipinski definition) is 1. The molecule has 1 aliphatic carbocycles. The van der Waals surface area contributed by atoms with Crippen LogP contribution in [0.4, 0.5) is 0 Å². The smallest absolute Gasteiger partial charge is 0.225 e. The molecule has 1 saturated carbocycles. The molecule has 2 rings (SSSR count). The summed E-state index contributed by atoms with van der Waals surface area (Å²) in [5, 5.41) is 12.5. The molecule has 112 valence electrons. The summed E-state index contributed by atoms with van der Waals surface area (Å²) < 4.78 is 0. The Balaban J connectivity index is 1.96. The maximum absolute atomic E-state index is 12.2. The number of carbonyl (C=O) groups is 1. The van der Waals surface area contributed by atoms with Crippen molar-refractivity contribution in [3.8, 4) is 6.07 Å². The van der Waals surface area contributed by atoms with Gasteiger partial charge in [0.15, 0.2) is 0 Å². The summed E-state index contributed by atoms with van der Waals surface area (Å²) in [6.45, 7) is 4.21. The van der Waals surface area contributed by atoms with Gasteiger partial charge in [-0.05, 0) is 44.1 Å². The fraction of sp³-hybridized carbons (Fsp3) is 0.556. The number of nitrogens with one attached hydrogen (secondary N) is 1. The lowest BCUT2D eigenvalue weighted by Crippen LogP contribution is -2.50. The van der Waals surface area contributed by atoms with E-state index < -0.39 is 5.54 Å². The highest BCUT2D eigenvalue weighted by Crippen LogP contribution is 2.33. The Kier molecular flexibility index (Phi) is 5.01. The van der Waals surface area contributed by atoms with E-state index in [9.17, 15) is 10.1 Å². The lowest BCUT2D eigenvalue weighted by Gasteiger charge is -2.35. The van der Waals surface area contributed by atoms with Crippen molar-refractivity contribution in [1.29, 1.82) is 5.26 Å². The molecule has 1 amide bonds. The van der Waals surface area contributed by atoms with Gasteiger partial charge in [-0.1, -0.05) is 43.2 Å². The minimum atomic E-state index is -0.646. The third-order valence-corrected chi connectivity index (χ3v) is 4.58. The molecule has 0 radical (unpaired) electrons. The molecule has 0 atom stereocenters. The Morgan fingerprint density at radius 2 is 2.14 bits per heavy atom. The van der Waals surface area contributed by atoms with Gasteiger partial charge in [0.1, 0.15) is 5.54 Å². The van der Waals surface area contributed by atoms with Crippen LogP contribution in [0.1, 0.15) is 50.2 Å². The van der Waals surface area contributed by atoms with Crippen LogP contribution < -0.4 is 5.32 Å². The number of benzene rings is 1. The molecule has 0 heterocycles. The van der Waals surface area contributed by atoms with Crippen LogP contribution in [-0.2, 0) is 11.2 Å². The molecule has 0 unspecified atom stereocenters. The minimum absolute atomic E-state index is 0.0444. The molecule has 1 aromatic carbocycles. The first-order chi connectivity index (χ1) is 10.1. The highest BCUT2D eigenvalue weighted by molar-refractivity contribution is 5.79. The van der Waals surface area contributed by atoms with Crippen LogP contribution in [0.5, 0.6) is 0 Å². The van der Waals surface area contributed by atoms with Gasteiger partial charge >= 0.3 is 0 Å². The van der Waals surface area contributed by atoms with E-state index in [4.69, 9.17) is 0 Å². The van der Waals surface area contributed by atoms with Crippen molar-refractivity contribution in [2.75, 3.05) is 0 Å². The molecule has 1 aromatic rings. The van der Waals surface area contributed by atoms with Crippen molar-refractivity contribution in [1.82, 2.24) is 5.32 Å². The SMILES string of the molecule is CCC1CCC(C#N)(NC(=O)Cc2cccc(C)c2)CC1. The summed E-state index contributed by atoms with van der Waals surface area (Å²) in [6, 6.07) is 10.3. The van der Waals surface area contributed by atoms with Gasteiger partial charge in [-0.2, -0.15) is 5.26 Å². The molecule has 0 bridgehead atoms. The van der Waals surface area contributed by atoms with Gasteiger partial charge in [0.2, 0.25) is 5.91 Å². The minimum Gasteiger partial charge on any atom is -0.338 e. The lowest BCUT2D eigenvalue weighted by molar-refractivity contribution is -0.122. The zero-order chi connectivity index (χ0) is 15.3. The molecular formula is C18H24N2O. The molecular weight excluding hydrogens is 260 g/mol. The number of carbonyl (C=O) groups excluding carboxylic acids is 1. The van der Waals surface area contributed by atoms with Crippen molar-refractivity contribution >= 4 is 5.91 Å². The number of amides is 1. The fourth-order valence-electron chi connectivity index (χ4n) is 3.16. The van der Waals surface area contributed by atoms with Crippen LogP contribution in [0.25, 0.3) is 0 Å². The summed E-state index contributed by atoms with van der Waals surface area (Å²) in [5.41, 5.74) is 1.51.